The van der Waals surface area contributed by atoms with Crippen molar-refractivity contribution in [3.63, 3.8) is 0 Å². The number of carbonyl (C=O) groups is 1. The molecule has 1 unspecified atom stereocenters. The number of nitrogens with zero attached hydrogens (tertiary/aromatic N) is 2. The Morgan fingerprint density at radius 3 is 2.45 bits per heavy atom. The van der Waals surface area contributed by atoms with E-state index in [9.17, 15) is 4.79 Å². The van der Waals surface area contributed by atoms with E-state index < -0.39 is 0 Å². The van der Waals surface area contributed by atoms with Crippen LogP contribution in [0.25, 0.3) is 10.4 Å². The average molecular weight is 454 g/mol. The van der Waals surface area contributed by atoms with Gasteiger partial charge in [-0.05, 0) is 50.0 Å². The molecule has 1 saturated heterocycles. The summed E-state index contributed by atoms with van der Waals surface area (Å²) < 4.78 is 0. The number of thiazole rings is 1. The lowest BCUT2D eigenvalue weighted by Gasteiger charge is -2.31. The number of aryl methyl sites for hydroxylation is 1. The van der Waals surface area contributed by atoms with Crippen molar-refractivity contribution in [3.8, 4) is 10.4 Å². The minimum atomic E-state index is -0.130. The van der Waals surface area contributed by atoms with Crippen molar-refractivity contribution in [1.29, 1.82) is 0 Å². The van der Waals surface area contributed by atoms with Crippen LogP contribution < -0.4 is 5.32 Å². The molecule has 1 amide bonds. The largest absolute Gasteiger partial charge is 0.349 e. The summed E-state index contributed by atoms with van der Waals surface area (Å²) in [7, 11) is 0. The fourth-order valence-electron chi connectivity index (χ4n) is 4.23. The molecule has 1 atom stereocenters. The van der Waals surface area contributed by atoms with Gasteiger partial charge in [0.2, 0.25) is 0 Å². The van der Waals surface area contributed by atoms with Gasteiger partial charge < -0.3 is 5.32 Å². The van der Waals surface area contributed by atoms with Crippen LogP contribution in [-0.2, 0) is 0 Å². The van der Waals surface area contributed by atoms with E-state index in [-0.39, 0.29) is 11.9 Å². The van der Waals surface area contributed by atoms with Crippen molar-refractivity contribution < 1.29 is 4.79 Å². The maximum atomic E-state index is 13.2. The Bertz CT molecular complexity index is 1010. The average Bonchev–Trinajstić information content (AvgIpc) is 2.99. The summed E-state index contributed by atoms with van der Waals surface area (Å²) in [6.07, 6.45) is 4.88. The molecule has 0 radical (unpaired) electrons. The molecule has 4 nitrogen and oxygen atoms in total. The molecule has 0 bridgehead atoms. The van der Waals surface area contributed by atoms with Crippen LogP contribution in [0.4, 0.5) is 0 Å². The Labute approximate surface area is 193 Å². The molecule has 4 rings (SSSR count). The first-order valence-electron chi connectivity index (χ1n) is 10.9. The van der Waals surface area contributed by atoms with Gasteiger partial charge in [0.1, 0.15) is 5.69 Å². The highest BCUT2D eigenvalue weighted by Gasteiger charge is 2.25. The van der Waals surface area contributed by atoms with Gasteiger partial charge in [-0.2, -0.15) is 0 Å². The molecule has 1 fully saturated rings. The molecule has 6 heteroatoms. The van der Waals surface area contributed by atoms with Gasteiger partial charge in [-0.25, -0.2) is 4.98 Å². The molecule has 1 aromatic heterocycles. The number of hydrogen-bond acceptors (Lipinski definition) is 4. The lowest BCUT2D eigenvalue weighted by molar-refractivity contribution is 0.0929. The molecule has 1 aliphatic rings. The van der Waals surface area contributed by atoms with E-state index in [0.29, 0.717) is 12.2 Å². The summed E-state index contributed by atoms with van der Waals surface area (Å²) in [6.45, 7) is 4.50. The standard InChI is InChI=1S/C25H28ClN3OS/c1-18-28-23(24(31-18)19-11-5-4-6-12-19)25(30)27-17-22(20-13-7-8-14-21(20)26)29-15-9-2-3-10-16-29/h4-8,11-14,22H,2-3,9-10,15-17H2,1H3,(H,27,30). The summed E-state index contributed by atoms with van der Waals surface area (Å²) >= 11 is 8.13. The Kier molecular flexibility index (Phi) is 7.38. The number of carbonyl (C=O) groups excluding carboxylic acids is 1. The maximum Gasteiger partial charge on any atom is 0.271 e. The molecule has 31 heavy (non-hydrogen) atoms. The van der Waals surface area contributed by atoms with Crippen molar-refractivity contribution in [2.75, 3.05) is 19.6 Å². The van der Waals surface area contributed by atoms with Crippen LogP contribution in [0.5, 0.6) is 0 Å². The van der Waals surface area contributed by atoms with Crippen molar-refractivity contribution in [3.05, 3.63) is 75.9 Å². The molecule has 0 aliphatic carbocycles. The predicted octanol–water partition coefficient (Wildman–Crippen LogP) is 6.12. The fraction of sp³-hybridized carbons (Fsp3) is 0.360. The monoisotopic (exact) mass is 453 g/mol. The number of benzene rings is 2. The summed E-state index contributed by atoms with van der Waals surface area (Å²) in [5.41, 5.74) is 2.60. The van der Waals surface area contributed by atoms with E-state index in [1.807, 2.05) is 55.5 Å². The topological polar surface area (TPSA) is 45.2 Å². The first kappa shape index (κ1) is 22.0. The molecule has 0 spiro atoms. The normalized spacial score (nSPS) is 15.9. The Hall–Kier alpha value is -2.21. The first-order valence-corrected chi connectivity index (χ1v) is 12.1. The van der Waals surface area contributed by atoms with E-state index in [1.165, 1.54) is 25.7 Å². The minimum absolute atomic E-state index is 0.0515. The smallest absolute Gasteiger partial charge is 0.271 e. The molecule has 2 heterocycles. The fourth-order valence-corrected chi connectivity index (χ4v) is 5.41. The van der Waals surface area contributed by atoms with E-state index in [4.69, 9.17) is 11.6 Å². The zero-order valence-corrected chi connectivity index (χ0v) is 19.4. The number of likely N-dealkylation sites (tertiary alicyclic amines) is 1. The third kappa shape index (κ3) is 5.35. The Morgan fingerprint density at radius 2 is 1.74 bits per heavy atom. The van der Waals surface area contributed by atoms with Gasteiger partial charge in [-0.15, -0.1) is 11.3 Å². The van der Waals surface area contributed by atoms with Gasteiger partial charge in [0.05, 0.1) is 15.9 Å². The van der Waals surface area contributed by atoms with Crippen molar-refractivity contribution in [1.82, 2.24) is 15.2 Å². The third-order valence-corrected chi connectivity index (χ3v) is 7.15. The van der Waals surface area contributed by atoms with E-state index >= 15 is 0 Å². The lowest BCUT2D eigenvalue weighted by atomic mass is 10.0. The molecule has 1 N–H and O–H groups in total. The molecule has 0 saturated carbocycles. The van der Waals surface area contributed by atoms with Crippen LogP contribution in [-0.4, -0.2) is 35.4 Å². The highest BCUT2D eigenvalue weighted by atomic mass is 35.5. The van der Waals surface area contributed by atoms with Gasteiger partial charge in [-0.1, -0.05) is 73.0 Å². The maximum absolute atomic E-state index is 13.2. The number of nitrogens with one attached hydrogen (secondary N) is 1. The van der Waals surface area contributed by atoms with Gasteiger partial charge in [0, 0.05) is 11.6 Å². The summed E-state index contributed by atoms with van der Waals surface area (Å²) in [6, 6.07) is 18.0. The number of amides is 1. The summed E-state index contributed by atoms with van der Waals surface area (Å²) in [5.74, 6) is -0.130. The highest BCUT2D eigenvalue weighted by Crippen LogP contribution is 2.31. The van der Waals surface area contributed by atoms with Crippen LogP contribution in [0.15, 0.2) is 54.6 Å². The first-order chi connectivity index (χ1) is 15.1. The third-order valence-electron chi connectivity index (χ3n) is 5.79. The molecule has 3 aromatic rings. The van der Waals surface area contributed by atoms with Crippen LogP contribution in [0.2, 0.25) is 5.02 Å². The van der Waals surface area contributed by atoms with Gasteiger partial charge in [-0.3, -0.25) is 9.69 Å². The Morgan fingerprint density at radius 1 is 1.06 bits per heavy atom. The second-order valence-corrected chi connectivity index (χ2v) is 9.58. The second kappa shape index (κ2) is 10.4. The van der Waals surface area contributed by atoms with Gasteiger partial charge >= 0.3 is 0 Å². The van der Waals surface area contributed by atoms with Gasteiger partial charge in [0.15, 0.2) is 0 Å². The lowest BCUT2D eigenvalue weighted by Crippen LogP contribution is -2.39. The van der Waals surface area contributed by atoms with E-state index in [1.54, 1.807) is 11.3 Å². The summed E-state index contributed by atoms with van der Waals surface area (Å²) in [5, 5.41) is 4.81. The number of aromatic nitrogens is 1. The summed E-state index contributed by atoms with van der Waals surface area (Å²) in [4.78, 5) is 21.1. The molecule has 1 aliphatic heterocycles. The second-order valence-electron chi connectivity index (χ2n) is 7.97. The van der Waals surface area contributed by atoms with Crippen LogP contribution in [0.3, 0.4) is 0 Å². The predicted molar refractivity (Wildman–Crippen MR) is 129 cm³/mol. The molecule has 162 valence electrons. The quantitative estimate of drug-likeness (QED) is 0.489. The molecule has 2 aromatic carbocycles. The number of hydrogen-bond donors (Lipinski definition) is 1. The highest BCUT2D eigenvalue weighted by molar-refractivity contribution is 7.15. The van der Waals surface area contributed by atoms with Crippen molar-refractivity contribution in [2.24, 2.45) is 0 Å². The minimum Gasteiger partial charge on any atom is -0.349 e. The van der Waals surface area contributed by atoms with Gasteiger partial charge in [0.25, 0.3) is 5.91 Å². The van der Waals surface area contributed by atoms with Crippen LogP contribution in [0.1, 0.15) is 52.8 Å². The molecular weight excluding hydrogens is 426 g/mol. The number of halogens is 1. The van der Waals surface area contributed by atoms with Crippen LogP contribution >= 0.6 is 22.9 Å². The zero-order valence-electron chi connectivity index (χ0n) is 17.8. The SMILES string of the molecule is Cc1nc(C(=O)NCC(c2ccccc2Cl)N2CCCCCC2)c(-c2ccccc2)s1. The number of rotatable bonds is 6. The Balaban J connectivity index is 1.56. The van der Waals surface area contributed by atoms with E-state index in [0.717, 1.165) is 39.1 Å². The van der Waals surface area contributed by atoms with E-state index in [2.05, 4.69) is 21.3 Å². The van der Waals surface area contributed by atoms with Crippen molar-refractivity contribution in [2.45, 2.75) is 38.6 Å². The van der Waals surface area contributed by atoms with Crippen molar-refractivity contribution >= 4 is 28.8 Å². The van der Waals surface area contributed by atoms with Crippen LogP contribution in [0, 0.1) is 6.92 Å². The molecular formula is C25H28ClN3OS. The zero-order chi connectivity index (χ0) is 21.6.